The van der Waals surface area contributed by atoms with Crippen molar-refractivity contribution < 1.29 is 28.2 Å². The maximum atomic E-state index is 13.4. The van der Waals surface area contributed by atoms with E-state index in [0.29, 0.717) is 11.3 Å². The Morgan fingerprint density at radius 3 is 1.97 bits per heavy atom. The van der Waals surface area contributed by atoms with Crippen molar-refractivity contribution in [3.05, 3.63) is 88.9 Å². The van der Waals surface area contributed by atoms with Gasteiger partial charge in [-0.05, 0) is 53.6 Å². The van der Waals surface area contributed by atoms with E-state index < -0.39 is 17.6 Å². The van der Waals surface area contributed by atoms with E-state index in [1.165, 1.54) is 70.0 Å². The van der Waals surface area contributed by atoms with Crippen molar-refractivity contribution in [3.63, 3.8) is 0 Å². The van der Waals surface area contributed by atoms with Crippen LogP contribution >= 0.6 is 0 Å². The number of benzene rings is 3. The first-order valence-corrected chi connectivity index (χ1v) is 11.4. The molecule has 0 fully saturated rings. The molecule has 0 unspecified atom stereocenters. The molecule has 0 radical (unpaired) electrons. The Hall–Kier alpha value is -4.86. The third-order valence-electron chi connectivity index (χ3n) is 5.39. The van der Waals surface area contributed by atoms with Crippen molar-refractivity contribution in [2.75, 3.05) is 40.3 Å². The van der Waals surface area contributed by atoms with Crippen LogP contribution < -0.4 is 29.9 Å². The fourth-order valence-corrected chi connectivity index (χ4v) is 3.37. The van der Waals surface area contributed by atoms with E-state index in [0.717, 1.165) is 11.3 Å². The number of halogens is 1. The largest absolute Gasteiger partial charge is 0.493 e. The van der Waals surface area contributed by atoms with Crippen molar-refractivity contribution in [3.8, 4) is 17.2 Å². The van der Waals surface area contributed by atoms with E-state index >= 15 is 0 Å². The van der Waals surface area contributed by atoms with Crippen molar-refractivity contribution in [1.29, 1.82) is 0 Å². The Bertz CT molecular complexity index is 1310. The summed E-state index contributed by atoms with van der Waals surface area (Å²) in [4.78, 5) is 28.1. The number of nitrogens with zero attached hydrogens (tertiary/aromatic N) is 2. The van der Waals surface area contributed by atoms with Crippen LogP contribution in [0, 0.1) is 5.82 Å². The second-order valence-electron chi connectivity index (χ2n) is 8.16. The second kappa shape index (κ2) is 12.9. The predicted molar refractivity (Wildman–Crippen MR) is 144 cm³/mol. The number of hydrazone groups is 1. The highest BCUT2D eigenvalue weighted by Gasteiger charge is 2.19. The number of methoxy groups -OCH3 is 3. The number of ether oxygens (including phenoxy) is 3. The summed E-state index contributed by atoms with van der Waals surface area (Å²) in [5.74, 6) is -0.864. The average Bonchev–Trinajstić information content (AvgIpc) is 2.93. The maximum absolute atomic E-state index is 13.4. The van der Waals surface area contributed by atoms with Crippen LogP contribution in [0.4, 0.5) is 10.1 Å². The van der Waals surface area contributed by atoms with Crippen LogP contribution in [-0.2, 0) is 4.79 Å². The topological polar surface area (TPSA) is 101 Å². The molecule has 0 aliphatic heterocycles. The van der Waals surface area contributed by atoms with E-state index in [2.05, 4.69) is 15.8 Å². The molecule has 2 N–H and O–H groups in total. The number of anilines is 1. The first-order chi connectivity index (χ1) is 18.2. The summed E-state index contributed by atoms with van der Waals surface area (Å²) in [6.45, 7) is 0. The molecule has 10 heteroatoms. The molecule has 0 bridgehead atoms. The molecule has 0 heterocycles. The third-order valence-corrected chi connectivity index (χ3v) is 5.39. The molecule has 9 nitrogen and oxygen atoms in total. The van der Waals surface area contributed by atoms with Gasteiger partial charge >= 0.3 is 0 Å². The van der Waals surface area contributed by atoms with Gasteiger partial charge in [-0.2, -0.15) is 5.10 Å². The second-order valence-corrected chi connectivity index (χ2v) is 8.16. The van der Waals surface area contributed by atoms with Gasteiger partial charge in [0, 0.05) is 25.3 Å². The van der Waals surface area contributed by atoms with Gasteiger partial charge in [-0.25, -0.2) is 9.82 Å². The van der Waals surface area contributed by atoms with Crippen LogP contribution in [0.5, 0.6) is 17.2 Å². The van der Waals surface area contributed by atoms with Crippen molar-refractivity contribution >= 4 is 29.8 Å². The molecule has 3 aromatic carbocycles. The minimum Gasteiger partial charge on any atom is -0.493 e. The van der Waals surface area contributed by atoms with Crippen LogP contribution in [-0.4, -0.2) is 53.5 Å². The monoisotopic (exact) mass is 520 g/mol. The van der Waals surface area contributed by atoms with E-state index in [1.54, 1.807) is 0 Å². The zero-order valence-electron chi connectivity index (χ0n) is 21.7. The van der Waals surface area contributed by atoms with Crippen LogP contribution in [0.25, 0.3) is 6.08 Å². The summed E-state index contributed by atoms with van der Waals surface area (Å²) >= 11 is 0. The fourth-order valence-electron chi connectivity index (χ4n) is 3.37. The van der Waals surface area contributed by atoms with E-state index in [4.69, 9.17) is 14.2 Å². The molecular weight excluding hydrogens is 491 g/mol. The summed E-state index contributed by atoms with van der Waals surface area (Å²) in [7, 11) is 8.18. The van der Waals surface area contributed by atoms with Gasteiger partial charge < -0.3 is 24.4 Å². The molecule has 2 amide bonds. The Labute approximate surface area is 220 Å². The standard InChI is InChI=1S/C28H29FN4O5/c1-33(2)22-12-8-19(9-13-22)17-30-32-28(35)23(14-18-6-10-21(29)11-7-18)31-27(34)20-15-24(36-3)26(38-5)25(16-20)37-4/h6-17H,1-5H3,(H,31,34)(H,32,35)/b23-14-,30-17+. The SMILES string of the molecule is COc1cc(C(=O)N/C(=C\c2ccc(F)cc2)C(=O)N/N=C/c2ccc(N(C)C)cc2)cc(OC)c1OC. The summed E-state index contributed by atoms with van der Waals surface area (Å²) < 4.78 is 29.3. The quantitative estimate of drug-likeness (QED) is 0.239. The molecule has 198 valence electrons. The highest BCUT2D eigenvalue weighted by atomic mass is 19.1. The van der Waals surface area contributed by atoms with Crippen LogP contribution in [0.2, 0.25) is 0 Å². The molecule has 0 atom stereocenters. The van der Waals surface area contributed by atoms with Gasteiger partial charge in [-0.15, -0.1) is 0 Å². The van der Waals surface area contributed by atoms with Crippen LogP contribution in [0.15, 0.2) is 71.5 Å². The van der Waals surface area contributed by atoms with E-state index in [1.807, 2.05) is 43.3 Å². The van der Waals surface area contributed by atoms with Gasteiger partial charge in [0.05, 0.1) is 27.5 Å². The fraction of sp³-hybridized carbons (Fsp3) is 0.179. The van der Waals surface area contributed by atoms with Crippen LogP contribution in [0.1, 0.15) is 21.5 Å². The molecular formula is C28H29FN4O5. The molecule has 0 spiro atoms. The lowest BCUT2D eigenvalue weighted by Gasteiger charge is -2.14. The molecule has 38 heavy (non-hydrogen) atoms. The zero-order valence-corrected chi connectivity index (χ0v) is 21.7. The third kappa shape index (κ3) is 7.10. The first kappa shape index (κ1) is 27.7. The molecule has 0 aromatic heterocycles. The highest BCUT2D eigenvalue weighted by molar-refractivity contribution is 6.05. The zero-order chi connectivity index (χ0) is 27.7. The van der Waals surface area contributed by atoms with E-state index in [-0.39, 0.29) is 22.8 Å². The molecule has 0 saturated carbocycles. The van der Waals surface area contributed by atoms with Gasteiger partial charge in [0.1, 0.15) is 11.5 Å². The summed E-state index contributed by atoms with van der Waals surface area (Å²) in [5, 5.41) is 6.59. The predicted octanol–water partition coefficient (Wildman–Crippen LogP) is 3.84. The number of carbonyl (C=O) groups is 2. The summed E-state index contributed by atoms with van der Waals surface area (Å²) in [6, 6.07) is 15.9. The van der Waals surface area contributed by atoms with Crippen molar-refractivity contribution in [1.82, 2.24) is 10.7 Å². The molecule has 3 rings (SSSR count). The lowest BCUT2D eigenvalue weighted by Crippen LogP contribution is -2.32. The lowest BCUT2D eigenvalue weighted by atomic mass is 10.1. The van der Waals surface area contributed by atoms with E-state index in [9.17, 15) is 14.0 Å². The number of rotatable bonds is 10. The molecule has 0 saturated heterocycles. The Morgan fingerprint density at radius 2 is 1.45 bits per heavy atom. The maximum Gasteiger partial charge on any atom is 0.287 e. The van der Waals surface area contributed by atoms with Gasteiger partial charge in [-0.3, -0.25) is 9.59 Å². The molecule has 3 aromatic rings. The Morgan fingerprint density at radius 1 is 0.868 bits per heavy atom. The average molecular weight is 521 g/mol. The van der Waals surface area contributed by atoms with Gasteiger partial charge in [0.15, 0.2) is 11.5 Å². The molecule has 0 aliphatic carbocycles. The smallest absolute Gasteiger partial charge is 0.287 e. The Balaban J connectivity index is 1.86. The van der Waals surface area contributed by atoms with Gasteiger partial charge in [0.2, 0.25) is 5.75 Å². The minimum absolute atomic E-state index is 0.115. The summed E-state index contributed by atoms with van der Waals surface area (Å²) in [6.07, 6.45) is 2.89. The number of carbonyl (C=O) groups excluding carboxylic acids is 2. The van der Waals surface area contributed by atoms with Crippen molar-refractivity contribution in [2.24, 2.45) is 5.10 Å². The van der Waals surface area contributed by atoms with Gasteiger partial charge in [0.25, 0.3) is 11.8 Å². The lowest BCUT2D eigenvalue weighted by molar-refractivity contribution is -0.117. The van der Waals surface area contributed by atoms with Crippen molar-refractivity contribution in [2.45, 2.75) is 0 Å². The minimum atomic E-state index is -0.684. The van der Waals surface area contributed by atoms with Gasteiger partial charge in [-0.1, -0.05) is 24.3 Å². The highest BCUT2D eigenvalue weighted by Crippen LogP contribution is 2.38. The number of hydrogen-bond donors (Lipinski definition) is 2. The number of amides is 2. The van der Waals surface area contributed by atoms with Crippen LogP contribution in [0.3, 0.4) is 0 Å². The number of nitrogens with one attached hydrogen (secondary N) is 2. The Kier molecular flexibility index (Phi) is 9.42. The normalized spacial score (nSPS) is 11.2. The summed E-state index contributed by atoms with van der Waals surface area (Å²) in [5.41, 5.74) is 4.73. The first-order valence-electron chi connectivity index (χ1n) is 11.4. The number of hydrogen-bond acceptors (Lipinski definition) is 7. The molecule has 0 aliphatic rings.